The summed E-state index contributed by atoms with van der Waals surface area (Å²) < 4.78 is 0. The number of hydrogen-bond acceptors (Lipinski definition) is 2. The molecule has 0 aliphatic rings. The van der Waals surface area contributed by atoms with Crippen LogP contribution in [0.15, 0.2) is 30.3 Å². The normalized spacial score (nSPS) is 9.69. The van der Waals surface area contributed by atoms with E-state index >= 15 is 0 Å². The van der Waals surface area contributed by atoms with E-state index in [9.17, 15) is 4.79 Å². The van der Waals surface area contributed by atoms with E-state index in [1.165, 1.54) is 0 Å². The summed E-state index contributed by atoms with van der Waals surface area (Å²) in [6.07, 6.45) is 0.608. The van der Waals surface area contributed by atoms with Crippen molar-refractivity contribution < 1.29 is 4.79 Å². The van der Waals surface area contributed by atoms with Crippen LogP contribution in [0.25, 0.3) is 0 Å². The molecule has 13 heavy (non-hydrogen) atoms. The Morgan fingerprint density at radius 2 is 1.92 bits per heavy atom. The molecule has 0 heterocycles. The van der Waals surface area contributed by atoms with Crippen LogP contribution in [0.5, 0.6) is 0 Å². The van der Waals surface area contributed by atoms with Gasteiger partial charge in [0.05, 0.1) is 6.54 Å². The third kappa shape index (κ3) is 2.90. The largest absolute Gasteiger partial charge is 0.367 e. The van der Waals surface area contributed by atoms with Gasteiger partial charge >= 0.3 is 0 Å². The minimum atomic E-state index is 0.270. The van der Waals surface area contributed by atoms with Crippen molar-refractivity contribution in [2.75, 3.05) is 18.5 Å². The molecule has 0 saturated carbocycles. The number of benzene rings is 1. The van der Waals surface area contributed by atoms with Gasteiger partial charge in [-0.3, -0.25) is 4.79 Å². The summed E-state index contributed by atoms with van der Waals surface area (Å²) >= 11 is 0. The van der Waals surface area contributed by atoms with Gasteiger partial charge in [0.2, 0.25) is 0 Å². The topological polar surface area (TPSA) is 20.3 Å². The third-order valence-corrected chi connectivity index (χ3v) is 2.00. The summed E-state index contributed by atoms with van der Waals surface area (Å²) in [6, 6.07) is 9.93. The van der Waals surface area contributed by atoms with E-state index in [2.05, 4.69) is 0 Å². The summed E-state index contributed by atoms with van der Waals surface area (Å²) in [6.45, 7) is 2.39. The maximum Gasteiger partial charge on any atom is 0.151 e. The molecule has 2 heteroatoms. The molecule has 0 radical (unpaired) electrons. The van der Waals surface area contributed by atoms with Gasteiger partial charge in [-0.15, -0.1) is 0 Å². The Bertz CT molecular complexity index is 269. The highest BCUT2D eigenvalue weighted by Crippen LogP contribution is 2.10. The minimum absolute atomic E-state index is 0.270. The first-order valence-electron chi connectivity index (χ1n) is 4.52. The fourth-order valence-electron chi connectivity index (χ4n) is 1.15. The van der Waals surface area contributed by atoms with Crippen molar-refractivity contribution in [2.24, 2.45) is 0 Å². The lowest BCUT2D eigenvalue weighted by molar-refractivity contribution is -0.117. The highest BCUT2D eigenvalue weighted by molar-refractivity contribution is 5.83. The van der Waals surface area contributed by atoms with Gasteiger partial charge in [0.15, 0.2) is 5.78 Å². The number of carbonyl (C=O) groups excluding carboxylic acids is 1. The predicted molar refractivity (Wildman–Crippen MR) is 55.0 cm³/mol. The number of carbonyl (C=O) groups is 1. The summed E-state index contributed by atoms with van der Waals surface area (Å²) in [5.41, 5.74) is 1.09. The van der Waals surface area contributed by atoms with Gasteiger partial charge in [0.25, 0.3) is 0 Å². The Hall–Kier alpha value is -1.31. The summed E-state index contributed by atoms with van der Waals surface area (Å²) in [4.78, 5) is 13.1. The molecular formula is C11H15NO. The molecule has 0 atom stereocenters. The average Bonchev–Trinajstić information content (AvgIpc) is 2.19. The molecular weight excluding hydrogens is 162 g/mol. The van der Waals surface area contributed by atoms with Crippen LogP contribution in [0.2, 0.25) is 0 Å². The van der Waals surface area contributed by atoms with Crippen LogP contribution in [-0.2, 0) is 4.79 Å². The van der Waals surface area contributed by atoms with Crippen molar-refractivity contribution in [2.45, 2.75) is 13.3 Å². The number of hydrogen-bond donors (Lipinski definition) is 0. The Labute approximate surface area is 79.2 Å². The third-order valence-electron chi connectivity index (χ3n) is 2.00. The second-order valence-electron chi connectivity index (χ2n) is 3.08. The quantitative estimate of drug-likeness (QED) is 0.702. The Balaban J connectivity index is 2.59. The number of anilines is 1. The van der Waals surface area contributed by atoms with Crippen LogP contribution in [0, 0.1) is 0 Å². The molecule has 1 rings (SSSR count). The lowest BCUT2D eigenvalue weighted by Gasteiger charge is -2.17. The second-order valence-corrected chi connectivity index (χ2v) is 3.08. The first-order chi connectivity index (χ1) is 6.24. The van der Waals surface area contributed by atoms with Crippen molar-refractivity contribution in [3.05, 3.63) is 30.3 Å². The molecule has 0 fully saturated rings. The van der Waals surface area contributed by atoms with Crippen LogP contribution in [-0.4, -0.2) is 19.4 Å². The highest BCUT2D eigenvalue weighted by atomic mass is 16.1. The zero-order valence-corrected chi connectivity index (χ0v) is 8.16. The average molecular weight is 177 g/mol. The van der Waals surface area contributed by atoms with Crippen molar-refractivity contribution in [1.29, 1.82) is 0 Å². The van der Waals surface area contributed by atoms with Crippen molar-refractivity contribution >= 4 is 11.5 Å². The fourth-order valence-corrected chi connectivity index (χ4v) is 1.15. The van der Waals surface area contributed by atoms with Gasteiger partial charge in [-0.25, -0.2) is 0 Å². The molecule has 0 unspecified atom stereocenters. The molecule has 1 aromatic rings. The van der Waals surface area contributed by atoms with Gasteiger partial charge in [-0.2, -0.15) is 0 Å². The smallest absolute Gasteiger partial charge is 0.151 e. The van der Waals surface area contributed by atoms with Gasteiger partial charge in [0.1, 0.15) is 0 Å². The van der Waals surface area contributed by atoms with Gasteiger partial charge in [0, 0.05) is 19.2 Å². The molecule has 0 saturated heterocycles. The van der Waals surface area contributed by atoms with Crippen LogP contribution in [0.3, 0.4) is 0 Å². The summed E-state index contributed by atoms with van der Waals surface area (Å²) in [5.74, 6) is 0.270. The molecule has 0 aromatic heterocycles. The van der Waals surface area contributed by atoms with E-state index in [1.54, 1.807) is 0 Å². The molecule has 0 N–H and O–H groups in total. The number of rotatable bonds is 4. The molecule has 0 bridgehead atoms. The van der Waals surface area contributed by atoms with E-state index in [4.69, 9.17) is 0 Å². The number of para-hydroxylation sites is 1. The van der Waals surface area contributed by atoms with Gasteiger partial charge < -0.3 is 4.90 Å². The van der Waals surface area contributed by atoms with Crippen LogP contribution in [0.1, 0.15) is 13.3 Å². The van der Waals surface area contributed by atoms with E-state index in [1.807, 2.05) is 49.2 Å². The number of ketones is 1. The second kappa shape index (κ2) is 4.65. The predicted octanol–water partition coefficient (Wildman–Crippen LogP) is 2.10. The molecule has 0 aliphatic carbocycles. The van der Waals surface area contributed by atoms with Gasteiger partial charge in [-0.05, 0) is 12.1 Å². The zero-order chi connectivity index (χ0) is 9.68. The zero-order valence-electron chi connectivity index (χ0n) is 8.16. The Morgan fingerprint density at radius 3 is 2.46 bits per heavy atom. The van der Waals surface area contributed by atoms with E-state index in [0.29, 0.717) is 13.0 Å². The van der Waals surface area contributed by atoms with E-state index in [0.717, 1.165) is 5.69 Å². The van der Waals surface area contributed by atoms with Crippen molar-refractivity contribution in [3.63, 3.8) is 0 Å². The standard InChI is InChI=1S/C11H15NO/c1-3-11(13)9-12(2)10-7-5-4-6-8-10/h4-8H,3,9H2,1-2H3. The fraction of sp³-hybridized carbons (Fsp3) is 0.364. The van der Waals surface area contributed by atoms with Crippen LogP contribution < -0.4 is 4.90 Å². The van der Waals surface area contributed by atoms with Gasteiger partial charge in [-0.1, -0.05) is 25.1 Å². The Morgan fingerprint density at radius 1 is 1.31 bits per heavy atom. The molecule has 1 aromatic carbocycles. The number of nitrogens with zero attached hydrogens (tertiary/aromatic N) is 1. The summed E-state index contributed by atoms with van der Waals surface area (Å²) in [5, 5.41) is 0. The van der Waals surface area contributed by atoms with Crippen LogP contribution in [0.4, 0.5) is 5.69 Å². The highest BCUT2D eigenvalue weighted by Gasteiger charge is 2.03. The summed E-state index contributed by atoms with van der Waals surface area (Å²) in [7, 11) is 1.93. The lowest BCUT2D eigenvalue weighted by atomic mass is 10.2. The van der Waals surface area contributed by atoms with E-state index in [-0.39, 0.29) is 5.78 Å². The van der Waals surface area contributed by atoms with Crippen molar-refractivity contribution in [1.82, 2.24) is 0 Å². The SMILES string of the molecule is CCC(=O)CN(C)c1ccccc1. The monoisotopic (exact) mass is 177 g/mol. The lowest BCUT2D eigenvalue weighted by Crippen LogP contribution is -2.24. The molecule has 0 aliphatic heterocycles. The maximum atomic E-state index is 11.2. The minimum Gasteiger partial charge on any atom is -0.367 e. The molecule has 70 valence electrons. The van der Waals surface area contributed by atoms with Crippen molar-refractivity contribution in [3.8, 4) is 0 Å². The van der Waals surface area contributed by atoms with Crippen LogP contribution >= 0.6 is 0 Å². The number of likely N-dealkylation sites (N-methyl/N-ethyl adjacent to an activating group) is 1. The van der Waals surface area contributed by atoms with E-state index < -0.39 is 0 Å². The Kier molecular flexibility index (Phi) is 3.50. The molecule has 2 nitrogen and oxygen atoms in total. The maximum absolute atomic E-state index is 11.2. The first kappa shape index (κ1) is 9.78. The first-order valence-corrected chi connectivity index (χ1v) is 4.52. The molecule has 0 amide bonds. The number of Topliss-reactive ketones (excluding diaryl/α,β-unsaturated/α-hetero) is 1. The molecule has 0 spiro atoms.